The first-order valence-electron chi connectivity index (χ1n) is 5.95. The fourth-order valence-electron chi connectivity index (χ4n) is 1.82. The van der Waals surface area contributed by atoms with Crippen LogP contribution in [0, 0.1) is 0 Å². The summed E-state index contributed by atoms with van der Waals surface area (Å²) in [5.41, 5.74) is 8.06. The average molecular weight is 265 g/mol. The second-order valence-electron chi connectivity index (χ2n) is 4.52. The summed E-state index contributed by atoms with van der Waals surface area (Å²) in [5, 5.41) is 0. The largest absolute Gasteiger partial charge is 0.439 e. The Morgan fingerprint density at radius 2 is 2.28 bits per heavy atom. The number of aromatic nitrogens is 1. The van der Waals surface area contributed by atoms with E-state index in [1.54, 1.807) is 0 Å². The van der Waals surface area contributed by atoms with Crippen LogP contribution in [0.3, 0.4) is 0 Å². The number of fused-ring (bicyclic) bond motifs is 1. The summed E-state index contributed by atoms with van der Waals surface area (Å²) in [6.45, 7) is 2.91. The van der Waals surface area contributed by atoms with Gasteiger partial charge in [0.2, 0.25) is 5.89 Å². The fourth-order valence-corrected chi connectivity index (χ4v) is 2.56. The Hall–Kier alpha value is -1.20. The first-order chi connectivity index (χ1) is 8.61. The Labute approximate surface area is 112 Å². The molecule has 0 bridgehead atoms. The van der Waals surface area contributed by atoms with Gasteiger partial charge in [0.1, 0.15) is 5.52 Å². The van der Waals surface area contributed by atoms with E-state index in [1.165, 1.54) is 0 Å². The van der Waals surface area contributed by atoms with E-state index >= 15 is 0 Å². The smallest absolute Gasteiger partial charge is 0.209 e. The lowest BCUT2D eigenvalue weighted by Gasteiger charge is -2.22. The van der Waals surface area contributed by atoms with Crippen molar-refractivity contribution in [3.05, 3.63) is 24.1 Å². The molecule has 2 N–H and O–H groups in total. The van der Waals surface area contributed by atoms with Gasteiger partial charge in [0, 0.05) is 11.8 Å². The lowest BCUT2D eigenvalue weighted by Crippen LogP contribution is -2.30. The zero-order valence-electron chi connectivity index (χ0n) is 11.0. The average Bonchev–Trinajstić information content (AvgIpc) is 2.73. The Bertz CT molecular complexity index is 526. The molecule has 1 heterocycles. The normalized spacial score (nSPS) is 13.3. The highest BCUT2D eigenvalue weighted by Gasteiger charge is 2.13. The van der Waals surface area contributed by atoms with Gasteiger partial charge in [0.25, 0.3) is 0 Å². The van der Waals surface area contributed by atoms with Crippen LogP contribution in [-0.2, 0) is 6.54 Å². The number of hydrogen-bond donors (Lipinski definition) is 1. The van der Waals surface area contributed by atoms with E-state index in [0.29, 0.717) is 18.3 Å². The number of benzene rings is 1. The van der Waals surface area contributed by atoms with Crippen LogP contribution in [-0.4, -0.2) is 35.0 Å². The van der Waals surface area contributed by atoms with Crippen LogP contribution in [0.15, 0.2) is 22.6 Å². The van der Waals surface area contributed by atoms with Gasteiger partial charge in [-0.25, -0.2) is 4.98 Å². The zero-order chi connectivity index (χ0) is 13.1. The van der Waals surface area contributed by atoms with Gasteiger partial charge in [-0.1, -0.05) is 6.07 Å². The van der Waals surface area contributed by atoms with E-state index in [9.17, 15) is 0 Å². The molecule has 0 amide bonds. The maximum atomic E-state index is 5.87. The van der Waals surface area contributed by atoms with E-state index in [1.807, 2.05) is 30.0 Å². The summed E-state index contributed by atoms with van der Waals surface area (Å²) in [4.78, 5) is 6.69. The van der Waals surface area contributed by atoms with Gasteiger partial charge in [-0.15, -0.1) is 0 Å². The minimum absolute atomic E-state index is 0.493. The summed E-state index contributed by atoms with van der Waals surface area (Å²) >= 11 is 1.84. The maximum Gasteiger partial charge on any atom is 0.209 e. The van der Waals surface area contributed by atoms with Gasteiger partial charge in [-0.05, 0) is 32.4 Å². The van der Waals surface area contributed by atoms with Crippen molar-refractivity contribution < 1.29 is 4.42 Å². The van der Waals surface area contributed by atoms with Crippen molar-refractivity contribution >= 4 is 28.5 Å². The van der Waals surface area contributed by atoms with Crippen LogP contribution < -0.4 is 5.73 Å². The highest BCUT2D eigenvalue weighted by atomic mass is 32.2. The molecule has 1 atom stereocenters. The highest BCUT2D eigenvalue weighted by Crippen LogP contribution is 2.22. The molecule has 5 heteroatoms. The number of rotatable bonds is 5. The third kappa shape index (κ3) is 2.79. The van der Waals surface area contributed by atoms with E-state index in [-0.39, 0.29) is 0 Å². The van der Waals surface area contributed by atoms with Crippen molar-refractivity contribution in [3.8, 4) is 0 Å². The van der Waals surface area contributed by atoms with Crippen molar-refractivity contribution in [2.45, 2.75) is 19.5 Å². The first-order valence-corrected chi connectivity index (χ1v) is 7.34. The molecule has 1 aromatic carbocycles. The van der Waals surface area contributed by atoms with Crippen LogP contribution in [0.5, 0.6) is 0 Å². The monoisotopic (exact) mass is 265 g/mol. The summed E-state index contributed by atoms with van der Waals surface area (Å²) in [7, 11) is 2.08. The molecular weight excluding hydrogens is 246 g/mol. The molecule has 1 unspecified atom stereocenters. The van der Waals surface area contributed by atoms with Crippen LogP contribution >= 0.6 is 11.8 Å². The van der Waals surface area contributed by atoms with Crippen LogP contribution in [0.4, 0.5) is 5.69 Å². The minimum atomic E-state index is 0.493. The Morgan fingerprint density at radius 3 is 2.94 bits per heavy atom. The molecule has 0 spiro atoms. The SMILES string of the molecule is CSCC(C)N(C)Cc1nc2c(N)cccc2o1. The van der Waals surface area contributed by atoms with Gasteiger partial charge in [-0.3, -0.25) is 4.90 Å². The van der Waals surface area contributed by atoms with Crippen LogP contribution in [0.25, 0.3) is 11.1 Å². The molecule has 0 aliphatic carbocycles. The molecule has 2 aromatic rings. The van der Waals surface area contributed by atoms with Gasteiger partial charge >= 0.3 is 0 Å². The van der Waals surface area contributed by atoms with E-state index in [4.69, 9.17) is 10.2 Å². The maximum absolute atomic E-state index is 5.87. The molecule has 0 aliphatic rings. The van der Waals surface area contributed by atoms with Crippen molar-refractivity contribution in [2.24, 2.45) is 0 Å². The van der Waals surface area contributed by atoms with E-state index in [0.717, 1.165) is 22.7 Å². The highest BCUT2D eigenvalue weighted by molar-refractivity contribution is 7.98. The zero-order valence-corrected chi connectivity index (χ0v) is 11.8. The van der Waals surface area contributed by atoms with Gasteiger partial charge in [0.05, 0.1) is 12.2 Å². The molecule has 2 rings (SSSR count). The summed E-state index contributed by atoms with van der Waals surface area (Å²) < 4.78 is 5.71. The van der Waals surface area contributed by atoms with Crippen LogP contribution in [0.2, 0.25) is 0 Å². The van der Waals surface area contributed by atoms with Crippen LogP contribution in [0.1, 0.15) is 12.8 Å². The van der Waals surface area contributed by atoms with Gasteiger partial charge in [-0.2, -0.15) is 11.8 Å². The third-order valence-corrected chi connectivity index (χ3v) is 3.86. The fraction of sp³-hybridized carbons (Fsp3) is 0.462. The number of oxazole rings is 1. The topological polar surface area (TPSA) is 55.3 Å². The predicted octanol–water partition coefficient (Wildman–Crippen LogP) is 2.59. The van der Waals surface area contributed by atoms with Crippen molar-refractivity contribution in [2.75, 3.05) is 24.8 Å². The van der Waals surface area contributed by atoms with Gasteiger partial charge in [0.15, 0.2) is 5.58 Å². The second kappa shape index (κ2) is 5.63. The molecule has 18 heavy (non-hydrogen) atoms. The number of nitrogen functional groups attached to an aromatic ring is 1. The standard InChI is InChI=1S/C13H19N3OS/c1-9(8-18-3)16(2)7-12-15-13-10(14)5-4-6-11(13)17-12/h4-6,9H,7-8,14H2,1-3H3. The molecule has 1 aromatic heterocycles. The Morgan fingerprint density at radius 1 is 1.50 bits per heavy atom. The molecule has 98 valence electrons. The molecule has 0 saturated heterocycles. The first kappa shape index (κ1) is 13.2. The van der Waals surface area contributed by atoms with Crippen molar-refractivity contribution in [1.82, 2.24) is 9.88 Å². The number of thioether (sulfide) groups is 1. The quantitative estimate of drug-likeness (QED) is 0.842. The number of nitrogens with zero attached hydrogens (tertiary/aromatic N) is 2. The molecule has 0 saturated carbocycles. The lowest BCUT2D eigenvalue weighted by atomic mass is 10.3. The van der Waals surface area contributed by atoms with E-state index < -0.39 is 0 Å². The lowest BCUT2D eigenvalue weighted by molar-refractivity contribution is 0.245. The summed E-state index contributed by atoms with van der Waals surface area (Å²) in [5.74, 6) is 1.82. The Balaban J connectivity index is 2.15. The Kier molecular flexibility index (Phi) is 4.14. The molecular formula is C13H19N3OS. The van der Waals surface area contributed by atoms with E-state index in [2.05, 4.69) is 30.1 Å². The molecule has 4 nitrogen and oxygen atoms in total. The summed E-state index contributed by atoms with van der Waals surface area (Å²) in [6, 6.07) is 6.11. The minimum Gasteiger partial charge on any atom is -0.439 e. The van der Waals surface area contributed by atoms with Crippen molar-refractivity contribution in [3.63, 3.8) is 0 Å². The second-order valence-corrected chi connectivity index (χ2v) is 5.43. The molecule has 0 aliphatic heterocycles. The third-order valence-electron chi connectivity index (χ3n) is 3.04. The van der Waals surface area contributed by atoms with Gasteiger partial charge < -0.3 is 10.2 Å². The predicted molar refractivity (Wildman–Crippen MR) is 77.7 cm³/mol. The molecule has 0 fully saturated rings. The number of hydrogen-bond acceptors (Lipinski definition) is 5. The molecule has 0 radical (unpaired) electrons. The summed E-state index contributed by atoms with van der Waals surface area (Å²) in [6.07, 6.45) is 2.12. The number of anilines is 1. The number of para-hydroxylation sites is 1. The number of nitrogens with two attached hydrogens (primary N) is 1. The van der Waals surface area contributed by atoms with Crippen molar-refractivity contribution in [1.29, 1.82) is 0 Å².